The Balaban J connectivity index is 1.43. The molecule has 0 aromatic heterocycles. The number of carbonyl (C=O) groups is 1. The quantitative estimate of drug-likeness (QED) is 0.292. The van der Waals surface area contributed by atoms with Crippen LogP contribution in [0.5, 0.6) is 0 Å². The predicted octanol–water partition coefficient (Wildman–Crippen LogP) is 0.561. The first-order chi connectivity index (χ1) is 12.4. The van der Waals surface area contributed by atoms with Gasteiger partial charge >= 0.3 is 5.97 Å². The molecule has 9 nitrogen and oxygen atoms in total. The van der Waals surface area contributed by atoms with Crippen molar-refractivity contribution >= 4 is 26.2 Å². The van der Waals surface area contributed by atoms with Crippen LogP contribution in [0.4, 0.5) is 0 Å². The molecule has 1 N–H and O–H groups in total. The van der Waals surface area contributed by atoms with Crippen molar-refractivity contribution in [2.45, 2.75) is 69.2 Å². The fourth-order valence-corrected chi connectivity index (χ4v) is 7.58. The smallest absolute Gasteiger partial charge is 0.310 e. The van der Waals surface area contributed by atoms with Crippen molar-refractivity contribution in [2.75, 3.05) is 5.75 Å². The topological polar surface area (TPSA) is 133 Å². The van der Waals surface area contributed by atoms with Crippen molar-refractivity contribution in [1.29, 1.82) is 0 Å². The first-order valence-electron chi connectivity index (χ1n) is 8.81. The van der Waals surface area contributed by atoms with Gasteiger partial charge in [-0.3, -0.25) is 13.5 Å². The van der Waals surface area contributed by atoms with Crippen molar-refractivity contribution < 1.29 is 39.8 Å². The average molecular weight is 422 g/mol. The van der Waals surface area contributed by atoms with Gasteiger partial charge in [-0.25, -0.2) is 0 Å². The van der Waals surface area contributed by atoms with Crippen LogP contribution in [0.3, 0.4) is 0 Å². The van der Waals surface area contributed by atoms with Gasteiger partial charge in [-0.05, 0) is 26.2 Å². The van der Waals surface area contributed by atoms with Gasteiger partial charge in [0.1, 0.15) is 17.5 Å². The van der Waals surface area contributed by atoms with Crippen LogP contribution in [-0.4, -0.2) is 62.8 Å². The number of hydrogen-bond acceptors (Lipinski definition) is 8. The molecule has 6 unspecified atom stereocenters. The molecule has 2 bridgehead atoms. The zero-order valence-corrected chi connectivity index (χ0v) is 16.6. The molecule has 1 aliphatic carbocycles. The van der Waals surface area contributed by atoms with Crippen LogP contribution < -0.4 is 0 Å². The molecule has 4 rings (SSSR count). The summed E-state index contributed by atoms with van der Waals surface area (Å²) in [6, 6.07) is 0. The van der Waals surface area contributed by atoms with E-state index in [2.05, 4.69) is 0 Å². The van der Waals surface area contributed by atoms with E-state index in [0.29, 0.717) is 12.8 Å². The largest absolute Gasteiger partial charge is 0.456 e. The molecular weight excluding hydrogens is 400 g/mol. The molecule has 0 saturated carbocycles. The molecule has 3 fully saturated rings. The normalized spacial score (nSPS) is 42.1. The molecule has 0 amide bonds. The van der Waals surface area contributed by atoms with Crippen LogP contribution in [0.2, 0.25) is 0 Å². The maximum atomic E-state index is 12.4. The summed E-state index contributed by atoms with van der Waals surface area (Å²) >= 11 is 0. The predicted molar refractivity (Wildman–Crippen MR) is 91.8 cm³/mol. The maximum Gasteiger partial charge on any atom is 0.310 e. The molecule has 11 heteroatoms. The Morgan fingerprint density at radius 2 is 2.07 bits per heavy atom. The SMILES string of the molecule is CC1=C(CC(=O)OC2C3CC4C(O3)C2OS4(=O)=O)CCC1(C)CS(=O)(=O)O. The molecule has 0 spiro atoms. The molecule has 152 valence electrons. The van der Waals surface area contributed by atoms with E-state index in [9.17, 15) is 21.6 Å². The third kappa shape index (κ3) is 3.23. The molecule has 3 aliphatic heterocycles. The zero-order chi connectivity index (χ0) is 19.8. The second-order valence-corrected chi connectivity index (χ2v) is 11.3. The summed E-state index contributed by atoms with van der Waals surface area (Å²) in [5, 5.41) is -0.677. The van der Waals surface area contributed by atoms with Gasteiger partial charge in [0.25, 0.3) is 20.2 Å². The fourth-order valence-electron chi connectivity index (χ4n) is 4.77. The van der Waals surface area contributed by atoms with Gasteiger partial charge in [0.05, 0.1) is 18.3 Å². The Kier molecular flexibility index (Phi) is 4.29. The Morgan fingerprint density at radius 1 is 1.37 bits per heavy atom. The highest BCUT2D eigenvalue weighted by Crippen LogP contribution is 2.48. The zero-order valence-electron chi connectivity index (χ0n) is 15.0. The summed E-state index contributed by atoms with van der Waals surface area (Å²) in [4.78, 5) is 12.4. The first-order valence-corrected chi connectivity index (χ1v) is 11.9. The van der Waals surface area contributed by atoms with E-state index in [1.54, 1.807) is 13.8 Å². The Bertz CT molecular complexity index is 920. The number of hydrogen-bond donors (Lipinski definition) is 1. The second-order valence-electron chi connectivity index (χ2n) is 8.11. The van der Waals surface area contributed by atoms with Gasteiger partial charge in [0.2, 0.25) is 0 Å². The Labute approximate surface area is 157 Å². The highest BCUT2D eigenvalue weighted by Gasteiger charge is 2.67. The lowest BCUT2D eigenvalue weighted by Gasteiger charge is -2.24. The number of carbonyl (C=O) groups excluding carboxylic acids is 1. The van der Waals surface area contributed by atoms with Crippen molar-refractivity contribution in [2.24, 2.45) is 5.41 Å². The van der Waals surface area contributed by atoms with Gasteiger partial charge in [0.15, 0.2) is 6.10 Å². The summed E-state index contributed by atoms with van der Waals surface area (Å²) in [7, 11) is -7.80. The number of fused-ring (bicyclic) bond motifs is 1. The molecule has 0 aromatic rings. The lowest BCUT2D eigenvalue weighted by atomic mass is 9.86. The molecule has 3 heterocycles. The van der Waals surface area contributed by atoms with Crippen molar-refractivity contribution in [1.82, 2.24) is 0 Å². The van der Waals surface area contributed by atoms with Crippen LogP contribution in [0.15, 0.2) is 11.1 Å². The van der Waals surface area contributed by atoms with E-state index in [-0.39, 0.29) is 18.6 Å². The Morgan fingerprint density at radius 3 is 2.74 bits per heavy atom. The van der Waals surface area contributed by atoms with Crippen LogP contribution in [0, 0.1) is 5.41 Å². The van der Waals surface area contributed by atoms with E-state index in [1.165, 1.54) is 0 Å². The molecular formula is C16H22O9S2. The molecule has 0 radical (unpaired) electrons. The van der Waals surface area contributed by atoms with Gasteiger partial charge in [-0.15, -0.1) is 0 Å². The van der Waals surface area contributed by atoms with Gasteiger partial charge in [-0.2, -0.15) is 16.8 Å². The summed E-state index contributed by atoms with van der Waals surface area (Å²) in [5.74, 6) is -0.911. The second kappa shape index (κ2) is 5.99. The van der Waals surface area contributed by atoms with Gasteiger partial charge < -0.3 is 9.47 Å². The monoisotopic (exact) mass is 422 g/mol. The maximum absolute atomic E-state index is 12.4. The minimum Gasteiger partial charge on any atom is -0.456 e. The average Bonchev–Trinajstić information content (AvgIpc) is 3.18. The van der Waals surface area contributed by atoms with Crippen molar-refractivity contribution in [3.63, 3.8) is 0 Å². The summed E-state index contributed by atoms with van der Waals surface area (Å²) < 4.78 is 71.7. The standard InChI is InChI=1S/C16H22O9S2/c1-8-9(3-4-16(8,2)7-26(18,19)20)5-12(17)24-13-10-6-11-14(23-10)15(13)25-27(11,21)22/h10-11,13-15H,3-7H2,1-2H3,(H,18,19,20). The highest BCUT2D eigenvalue weighted by molar-refractivity contribution is 7.87. The number of esters is 1. The first kappa shape index (κ1) is 19.3. The lowest BCUT2D eigenvalue weighted by molar-refractivity contribution is -0.153. The molecule has 3 saturated heterocycles. The molecule has 6 atom stereocenters. The van der Waals surface area contributed by atoms with Crippen molar-refractivity contribution in [3.05, 3.63) is 11.1 Å². The van der Waals surface area contributed by atoms with Gasteiger partial charge in [-0.1, -0.05) is 18.1 Å². The summed E-state index contributed by atoms with van der Waals surface area (Å²) in [5.41, 5.74) is 0.836. The summed E-state index contributed by atoms with van der Waals surface area (Å²) in [6.45, 7) is 3.51. The number of ether oxygens (including phenoxy) is 2. The minimum absolute atomic E-state index is 0.0102. The van der Waals surface area contributed by atoms with E-state index < -0.39 is 61.3 Å². The van der Waals surface area contributed by atoms with E-state index in [4.69, 9.17) is 18.2 Å². The molecule has 4 aliphatic rings. The molecule has 0 aromatic carbocycles. The minimum atomic E-state index is -4.13. The fraction of sp³-hybridized carbons (Fsp3) is 0.812. The third-order valence-electron chi connectivity index (χ3n) is 6.33. The van der Waals surface area contributed by atoms with Crippen LogP contribution in [0.1, 0.15) is 39.5 Å². The Hall–Kier alpha value is -1.01. The van der Waals surface area contributed by atoms with E-state index in [1.807, 2.05) is 0 Å². The number of rotatable bonds is 5. The number of allylic oxidation sites excluding steroid dienone is 1. The molecule has 27 heavy (non-hydrogen) atoms. The van der Waals surface area contributed by atoms with Crippen LogP contribution in [0.25, 0.3) is 0 Å². The highest BCUT2D eigenvalue weighted by atomic mass is 32.2. The van der Waals surface area contributed by atoms with Crippen LogP contribution >= 0.6 is 0 Å². The van der Waals surface area contributed by atoms with E-state index in [0.717, 1.165) is 11.1 Å². The van der Waals surface area contributed by atoms with E-state index >= 15 is 0 Å². The van der Waals surface area contributed by atoms with Crippen LogP contribution in [-0.2, 0) is 38.7 Å². The summed E-state index contributed by atoms with van der Waals surface area (Å²) in [6.07, 6.45) is -1.29. The lowest BCUT2D eigenvalue weighted by Crippen LogP contribution is -2.41. The third-order valence-corrected chi connectivity index (χ3v) is 9.03. The van der Waals surface area contributed by atoms with Crippen molar-refractivity contribution in [3.8, 4) is 0 Å². The van der Waals surface area contributed by atoms with Gasteiger partial charge in [0, 0.05) is 5.41 Å².